The maximum Gasteiger partial charge on any atom is 0.255 e. The van der Waals surface area contributed by atoms with Crippen LogP contribution >= 0.6 is 15.9 Å². The van der Waals surface area contributed by atoms with Gasteiger partial charge in [-0.05, 0) is 31.5 Å². The summed E-state index contributed by atoms with van der Waals surface area (Å²) in [5.41, 5.74) is 1.03. The van der Waals surface area contributed by atoms with E-state index in [9.17, 15) is 14.4 Å². The number of likely N-dealkylation sites (N-methyl/N-ethyl adjacent to an activating group) is 1. The van der Waals surface area contributed by atoms with Crippen molar-refractivity contribution in [2.45, 2.75) is 25.8 Å². The molecule has 0 saturated carbocycles. The Balaban J connectivity index is 1.98. The number of hydrogen-bond acceptors (Lipinski definition) is 4. The zero-order valence-corrected chi connectivity index (χ0v) is 14.6. The van der Waals surface area contributed by atoms with E-state index in [0.29, 0.717) is 6.54 Å². The van der Waals surface area contributed by atoms with E-state index in [2.05, 4.69) is 15.9 Å². The van der Waals surface area contributed by atoms with Crippen LogP contribution in [-0.2, 0) is 14.4 Å². The van der Waals surface area contributed by atoms with Gasteiger partial charge in [-0.3, -0.25) is 24.3 Å². The fourth-order valence-electron chi connectivity index (χ4n) is 3.76. The van der Waals surface area contributed by atoms with E-state index in [1.54, 1.807) is 0 Å². The lowest BCUT2D eigenvalue weighted by molar-refractivity contribution is -0.144. The molecule has 2 unspecified atom stereocenters. The van der Waals surface area contributed by atoms with Crippen LogP contribution in [0.4, 0.5) is 5.69 Å². The minimum Gasteiger partial charge on any atom is -0.283 e. The van der Waals surface area contributed by atoms with Crippen LogP contribution in [0.5, 0.6) is 0 Å². The number of hydrogen-bond donors (Lipinski definition) is 0. The molecule has 6 nitrogen and oxygen atoms in total. The number of nitrogens with zero attached hydrogens (tertiary/aromatic N) is 3. The van der Waals surface area contributed by atoms with Gasteiger partial charge < -0.3 is 0 Å². The van der Waals surface area contributed by atoms with Gasteiger partial charge in [0.25, 0.3) is 5.91 Å². The zero-order chi connectivity index (χ0) is 16.7. The van der Waals surface area contributed by atoms with Crippen LogP contribution in [0.3, 0.4) is 0 Å². The number of likely N-dealkylation sites (tertiary alicyclic amines) is 1. The van der Waals surface area contributed by atoms with Gasteiger partial charge in [0.05, 0.1) is 23.6 Å². The lowest BCUT2D eigenvalue weighted by Crippen LogP contribution is -2.54. The Bertz CT molecular complexity index is 776. The molecular weight excluding hydrogens is 362 g/mol. The summed E-state index contributed by atoms with van der Waals surface area (Å²) < 4.78 is 0.872. The minimum absolute atomic E-state index is 0.116. The molecule has 2 saturated heterocycles. The van der Waals surface area contributed by atoms with Crippen LogP contribution in [0.25, 0.3) is 0 Å². The first-order valence-electron chi connectivity index (χ1n) is 7.46. The topological polar surface area (TPSA) is 60.9 Å². The van der Waals surface area contributed by atoms with E-state index in [1.165, 1.54) is 12.1 Å². The molecule has 23 heavy (non-hydrogen) atoms. The molecule has 2 atom stereocenters. The number of benzene rings is 1. The minimum atomic E-state index is -0.768. The van der Waals surface area contributed by atoms with E-state index in [0.717, 1.165) is 20.6 Å². The van der Waals surface area contributed by atoms with E-state index in [-0.39, 0.29) is 17.7 Å². The molecule has 0 aromatic heterocycles. The Labute approximate surface area is 142 Å². The highest BCUT2D eigenvalue weighted by atomic mass is 79.9. The smallest absolute Gasteiger partial charge is 0.255 e. The Morgan fingerprint density at radius 3 is 2.57 bits per heavy atom. The van der Waals surface area contributed by atoms with Gasteiger partial charge >= 0.3 is 0 Å². The molecule has 0 aliphatic carbocycles. The van der Waals surface area contributed by atoms with E-state index in [4.69, 9.17) is 0 Å². The first kappa shape index (κ1) is 14.7. The van der Waals surface area contributed by atoms with Gasteiger partial charge in [-0.1, -0.05) is 22.0 Å². The third-order valence-electron chi connectivity index (χ3n) is 4.96. The van der Waals surface area contributed by atoms with Gasteiger partial charge in [-0.25, -0.2) is 5.01 Å². The van der Waals surface area contributed by atoms with Crippen molar-refractivity contribution in [2.24, 2.45) is 5.41 Å². The summed E-state index contributed by atoms with van der Waals surface area (Å²) in [6, 6.07) is 4.87. The molecule has 1 aromatic rings. The molecule has 3 heterocycles. The van der Waals surface area contributed by atoms with Crippen LogP contribution in [0.2, 0.25) is 0 Å². The van der Waals surface area contributed by atoms with Crippen LogP contribution in [0, 0.1) is 5.41 Å². The number of amides is 3. The van der Waals surface area contributed by atoms with Crippen molar-refractivity contribution in [3.8, 4) is 0 Å². The number of fused-ring (bicyclic) bond motifs is 6. The third kappa shape index (κ3) is 1.71. The number of carbonyl (C=O) groups is 3. The fourth-order valence-corrected chi connectivity index (χ4v) is 4.11. The van der Waals surface area contributed by atoms with Crippen molar-refractivity contribution in [3.63, 3.8) is 0 Å². The summed E-state index contributed by atoms with van der Waals surface area (Å²) >= 11 is 3.45. The van der Waals surface area contributed by atoms with Gasteiger partial charge in [0.2, 0.25) is 11.8 Å². The summed E-state index contributed by atoms with van der Waals surface area (Å²) in [5, 5.41) is 3.36. The molecule has 1 aromatic carbocycles. The van der Waals surface area contributed by atoms with Crippen LogP contribution < -0.4 is 5.01 Å². The molecule has 3 aliphatic heterocycles. The summed E-state index contributed by atoms with van der Waals surface area (Å²) in [5.74, 6) is -1.30. The lowest BCUT2D eigenvalue weighted by atomic mass is 9.89. The van der Waals surface area contributed by atoms with Gasteiger partial charge in [0, 0.05) is 11.5 Å². The number of rotatable bonds is 0. The molecular formula is C16H16BrN3O3. The summed E-state index contributed by atoms with van der Waals surface area (Å²) in [6.07, 6.45) is 0. The molecule has 4 rings (SSSR count). The van der Waals surface area contributed by atoms with Crippen molar-refractivity contribution in [1.82, 2.24) is 9.91 Å². The van der Waals surface area contributed by atoms with Crippen molar-refractivity contribution < 1.29 is 14.4 Å². The number of halogens is 1. The highest BCUT2D eigenvalue weighted by molar-refractivity contribution is 9.10. The number of imide groups is 1. The molecule has 2 fully saturated rings. The zero-order valence-electron chi connectivity index (χ0n) is 13.0. The van der Waals surface area contributed by atoms with Gasteiger partial charge in [-0.15, -0.1) is 0 Å². The Morgan fingerprint density at radius 1 is 1.17 bits per heavy atom. The molecule has 3 amide bonds. The second-order valence-electron chi connectivity index (χ2n) is 6.95. The van der Waals surface area contributed by atoms with E-state index < -0.39 is 17.4 Å². The van der Waals surface area contributed by atoms with Crippen molar-refractivity contribution in [1.29, 1.82) is 0 Å². The molecule has 0 radical (unpaired) electrons. The molecule has 0 spiro atoms. The number of anilines is 1. The van der Waals surface area contributed by atoms with Gasteiger partial charge in [0.1, 0.15) is 6.04 Å². The first-order valence-corrected chi connectivity index (χ1v) is 8.25. The summed E-state index contributed by atoms with van der Waals surface area (Å²) in [7, 11) is 1.48. The Kier molecular flexibility index (Phi) is 2.77. The average Bonchev–Trinajstić information content (AvgIpc) is 2.86. The van der Waals surface area contributed by atoms with E-state index >= 15 is 0 Å². The quantitative estimate of drug-likeness (QED) is 0.642. The molecule has 3 aliphatic rings. The van der Waals surface area contributed by atoms with Gasteiger partial charge in [-0.2, -0.15) is 0 Å². The highest BCUT2D eigenvalue weighted by Crippen LogP contribution is 2.49. The maximum absolute atomic E-state index is 12.8. The number of carbonyl (C=O) groups excluding carboxylic acids is 3. The van der Waals surface area contributed by atoms with Crippen LogP contribution in [-0.4, -0.2) is 47.3 Å². The lowest BCUT2D eigenvalue weighted by Gasteiger charge is -2.41. The summed E-state index contributed by atoms with van der Waals surface area (Å²) in [4.78, 5) is 39.2. The van der Waals surface area contributed by atoms with Crippen LogP contribution in [0.1, 0.15) is 25.3 Å². The van der Waals surface area contributed by atoms with Crippen LogP contribution in [0.15, 0.2) is 22.7 Å². The van der Waals surface area contributed by atoms with Gasteiger partial charge in [0.15, 0.2) is 0 Å². The molecule has 7 heteroatoms. The van der Waals surface area contributed by atoms with Crippen molar-refractivity contribution in [3.05, 3.63) is 28.2 Å². The third-order valence-corrected chi connectivity index (χ3v) is 5.45. The summed E-state index contributed by atoms with van der Waals surface area (Å²) in [6.45, 7) is 4.22. The SMILES string of the molecule is CN1C(=O)C2c3ccc(Br)cc3N3CC(C)(C)C(=O)N3C2C1=O. The normalized spacial score (nSPS) is 28.2. The monoisotopic (exact) mass is 377 g/mol. The van der Waals surface area contributed by atoms with Crippen molar-refractivity contribution in [2.75, 3.05) is 18.6 Å². The first-order chi connectivity index (χ1) is 10.7. The predicted molar refractivity (Wildman–Crippen MR) is 86.4 cm³/mol. The maximum atomic E-state index is 12.8. The average molecular weight is 378 g/mol. The van der Waals surface area contributed by atoms with E-state index in [1.807, 2.05) is 37.1 Å². The standard InChI is InChI=1S/C16H16BrN3O3/c1-16(2)7-19-10-6-8(17)4-5-9(10)11-12(20(19)15(16)23)14(22)18(3)13(11)21/h4-6,11-12H,7H2,1-3H3. The van der Waals surface area contributed by atoms with Crippen molar-refractivity contribution >= 4 is 39.3 Å². The largest absolute Gasteiger partial charge is 0.283 e. The molecule has 0 N–H and O–H groups in total. The molecule has 0 bridgehead atoms. The fraction of sp³-hybridized carbons (Fsp3) is 0.438. The Hall–Kier alpha value is -1.89. The second-order valence-corrected chi connectivity index (χ2v) is 7.87. The molecule has 120 valence electrons. The highest BCUT2D eigenvalue weighted by Gasteiger charge is 2.61. The Morgan fingerprint density at radius 2 is 1.87 bits per heavy atom. The number of hydrazine groups is 1. The predicted octanol–water partition coefficient (Wildman–Crippen LogP) is 1.50. The second kappa shape index (κ2) is 4.35.